The van der Waals surface area contributed by atoms with E-state index in [4.69, 9.17) is 9.84 Å². The van der Waals surface area contributed by atoms with Crippen molar-refractivity contribution < 1.29 is 19.3 Å². The molecule has 0 aromatic carbocycles. The number of hydrogen-bond donors (Lipinski definition) is 3. The van der Waals surface area contributed by atoms with Gasteiger partial charge in [0.1, 0.15) is 12.2 Å². The molecule has 0 spiro atoms. The molecule has 7 nitrogen and oxygen atoms in total. The Balaban J connectivity index is 2.42. The molecule has 0 saturated carbocycles. The van der Waals surface area contributed by atoms with Crippen molar-refractivity contribution in [3.8, 4) is 0 Å². The number of hydrogen-bond acceptors (Lipinski definition) is 5. The molecule has 2 heterocycles. The number of aliphatic hydroxyl groups is 2. The zero-order valence-electron chi connectivity index (χ0n) is 9.54. The quantitative estimate of drug-likeness (QED) is 0.596. The second kappa shape index (κ2) is 4.63. The average Bonchev–Trinajstić information content (AvgIpc) is 2.61. The molecule has 0 bridgehead atoms. The van der Waals surface area contributed by atoms with Gasteiger partial charge in [-0.3, -0.25) is 14.3 Å². The van der Waals surface area contributed by atoms with Gasteiger partial charge in [0.15, 0.2) is 12.4 Å². The fourth-order valence-corrected chi connectivity index (χ4v) is 1.85. The number of nitrogens with zero attached hydrogens (tertiary/aromatic N) is 1. The van der Waals surface area contributed by atoms with E-state index in [-0.39, 0.29) is 5.56 Å². The Kier molecular flexibility index (Phi) is 3.33. The van der Waals surface area contributed by atoms with Crippen LogP contribution in [0.4, 0.5) is 4.39 Å². The maximum absolute atomic E-state index is 13.8. The highest BCUT2D eigenvalue weighted by atomic mass is 19.1. The van der Waals surface area contributed by atoms with Gasteiger partial charge in [0.2, 0.25) is 0 Å². The highest BCUT2D eigenvalue weighted by Crippen LogP contribution is 2.30. The maximum Gasteiger partial charge on any atom is 0.330 e. The monoisotopic (exact) mass is 260 g/mol. The van der Waals surface area contributed by atoms with Crippen molar-refractivity contribution in [3.63, 3.8) is 0 Å². The number of alkyl halides is 1. The molecule has 2 unspecified atom stereocenters. The van der Waals surface area contributed by atoms with Crippen molar-refractivity contribution in [1.82, 2.24) is 9.55 Å². The summed E-state index contributed by atoms with van der Waals surface area (Å²) in [5, 5.41) is 18.3. The van der Waals surface area contributed by atoms with Crippen molar-refractivity contribution in [2.75, 3.05) is 6.61 Å². The molecule has 2 rings (SSSR count). The first-order valence-corrected chi connectivity index (χ1v) is 5.36. The Morgan fingerprint density at radius 2 is 2.22 bits per heavy atom. The molecule has 0 amide bonds. The number of aryl methyl sites for hydroxylation is 1. The van der Waals surface area contributed by atoms with Crippen LogP contribution in [-0.4, -0.2) is 44.8 Å². The Labute approximate surface area is 100 Å². The molecule has 8 heteroatoms. The summed E-state index contributed by atoms with van der Waals surface area (Å²) < 4.78 is 19.7. The second-order valence-corrected chi connectivity index (χ2v) is 4.16. The fraction of sp³-hybridized carbons (Fsp3) is 0.600. The fourth-order valence-electron chi connectivity index (χ4n) is 1.85. The van der Waals surface area contributed by atoms with Crippen LogP contribution in [0.3, 0.4) is 0 Å². The number of halogens is 1. The Hall–Kier alpha value is -1.51. The summed E-state index contributed by atoms with van der Waals surface area (Å²) in [4.78, 5) is 24.7. The van der Waals surface area contributed by atoms with Crippen molar-refractivity contribution in [1.29, 1.82) is 0 Å². The minimum atomic E-state index is -1.86. The summed E-state index contributed by atoms with van der Waals surface area (Å²) in [5.41, 5.74) is -1.18. The van der Waals surface area contributed by atoms with Crippen LogP contribution in [0.1, 0.15) is 11.8 Å². The van der Waals surface area contributed by atoms with Crippen LogP contribution in [0.15, 0.2) is 15.8 Å². The molecule has 1 aromatic heterocycles. The van der Waals surface area contributed by atoms with Gasteiger partial charge in [-0.05, 0) is 6.92 Å². The lowest BCUT2D eigenvalue weighted by Crippen LogP contribution is -2.36. The number of nitrogens with one attached hydrogen (secondary N) is 1. The number of H-pyrrole nitrogens is 1. The van der Waals surface area contributed by atoms with Crippen LogP contribution < -0.4 is 11.2 Å². The Bertz CT molecular complexity index is 554. The van der Waals surface area contributed by atoms with Crippen LogP contribution in [0.25, 0.3) is 0 Å². The van der Waals surface area contributed by atoms with Gasteiger partial charge in [-0.25, -0.2) is 9.18 Å². The molecular weight excluding hydrogens is 247 g/mol. The number of aliphatic hydroxyl groups excluding tert-OH is 2. The second-order valence-electron chi connectivity index (χ2n) is 4.16. The predicted molar refractivity (Wildman–Crippen MR) is 58.0 cm³/mol. The van der Waals surface area contributed by atoms with E-state index in [9.17, 15) is 19.1 Å². The highest BCUT2D eigenvalue weighted by Gasteiger charge is 2.45. The summed E-state index contributed by atoms with van der Waals surface area (Å²) in [5.74, 6) is 0. The van der Waals surface area contributed by atoms with Crippen LogP contribution in [-0.2, 0) is 4.74 Å². The zero-order chi connectivity index (χ0) is 13.4. The van der Waals surface area contributed by atoms with E-state index < -0.39 is 42.5 Å². The molecule has 1 fully saturated rings. The SMILES string of the molecule is Cc1cn([C@H]2OC(CO)[C@@H](O)C2F)c(=O)[nH]c1=O. The smallest absolute Gasteiger partial charge is 0.330 e. The molecule has 0 aliphatic carbocycles. The van der Waals surface area contributed by atoms with Crippen molar-refractivity contribution in [3.05, 3.63) is 32.6 Å². The van der Waals surface area contributed by atoms with Gasteiger partial charge in [0.05, 0.1) is 6.61 Å². The topological polar surface area (TPSA) is 105 Å². The summed E-state index contributed by atoms with van der Waals surface area (Å²) in [6.45, 7) is 0.895. The van der Waals surface area contributed by atoms with Crippen LogP contribution >= 0.6 is 0 Å². The number of aromatic nitrogens is 2. The van der Waals surface area contributed by atoms with E-state index in [1.807, 2.05) is 4.98 Å². The number of ether oxygens (including phenoxy) is 1. The van der Waals surface area contributed by atoms with E-state index in [1.54, 1.807) is 0 Å². The standard InChI is InChI=1S/C10H13FN2O5/c1-4-2-13(10(17)12-8(4)16)9-6(11)7(15)5(3-14)18-9/h2,5-7,9,14-15H,3H2,1H3,(H,12,16,17)/t5?,6?,7-,9+/m1/s1. The van der Waals surface area contributed by atoms with Crippen molar-refractivity contribution in [2.24, 2.45) is 0 Å². The lowest BCUT2D eigenvalue weighted by atomic mass is 10.1. The molecule has 18 heavy (non-hydrogen) atoms. The lowest BCUT2D eigenvalue weighted by Gasteiger charge is -2.15. The van der Waals surface area contributed by atoms with Gasteiger partial charge in [-0.1, -0.05) is 0 Å². The van der Waals surface area contributed by atoms with Crippen molar-refractivity contribution >= 4 is 0 Å². The first-order valence-electron chi connectivity index (χ1n) is 5.36. The molecule has 1 aliphatic heterocycles. The third kappa shape index (κ3) is 1.98. The molecule has 1 aromatic rings. The van der Waals surface area contributed by atoms with E-state index in [0.29, 0.717) is 0 Å². The van der Waals surface area contributed by atoms with Crippen LogP contribution in [0, 0.1) is 6.92 Å². The van der Waals surface area contributed by atoms with Gasteiger partial charge in [-0.2, -0.15) is 0 Å². The summed E-state index contributed by atoms with van der Waals surface area (Å²) in [6, 6.07) is 0. The van der Waals surface area contributed by atoms with E-state index >= 15 is 0 Å². The zero-order valence-corrected chi connectivity index (χ0v) is 9.54. The molecular formula is C10H13FN2O5. The summed E-state index contributed by atoms with van der Waals surface area (Å²) in [6.07, 6.45) is -4.67. The largest absolute Gasteiger partial charge is 0.394 e. The molecule has 1 saturated heterocycles. The third-order valence-electron chi connectivity index (χ3n) is 2.89. The van der Waals surface area contributed by atoms with Crippen LogP contribution in [0.5, 0.6) is 0 Å². The molecule has 0 radical (unpaired) electrons. The third-order valence-corrected chi connectivity index (χ3v) is 2.89. The van der Waals surface area contributed by atoms with E-state index in [2.05, 4.69) is 0 Å². The number of aromatic amines is 1. The lowest BCUT2D eigenvalue weighted by molar-refractivity contribution is -0.0492. The Morgan fingerprint density at radius 1 is 1.56 bits per heavy atom. The molecule has 100 valence electrons. The van der Waals surface area contributed by atoms with Gasteiger partial charge in [0, 0.05) is 11.8 Å². The highest BCUT2D eigenvalue weighted by molar-refractivity contribution is 5.03. The first kappa shape index (κ1) is 12.9. The van der Waals surface area contributed by atoms with E-state index in [1.165, 1.54) is 6.92 Å². The minimum absolute atomic E-state index is 0.215. The summed E-state index contributed by atoms with van der Waals surface area (Å²) in [7, 11) is 0. The average molecular weight is 260 g/mol. The molecule has 3 N–H and O–H groups in total. The molecule has 4 atom stereocenters. The normalized spacial score (nSPS) is 31.8. The predicted octanol–water partition coefficient (Wildman–Crippen LogP) is -1.57. The summed E-state index contributed by atoms with van der Waals surface area (Å²) >= 11 is 0. The van der Waals surface area contributed by atoms with Gasteiger partial charge in [0.25, 0.3) is 5.56 Å². The Morgan fingerprint density at radius 3 is 2.78 bits per heavy atom. The van der Waals surface area contributed by atoms with Gasteiger partial charge >= 0.3 is 5.69 Å². The maximum atomic E-state index is 13.8. The van der Waals surface area contributed by atoms with Crippen LogP contribution in [0.2, 0.25) is 0 Å². The molecule has 1 aliphatic rings. The number of rotatable bonds is 2. The van der Waals surface area contributed by atoms with Crippen molar-refractivity contribution in [2.45, 2.75) is 31.5 Å². The minimum Gasteiger partial charge on any atom is -0.394 e. The van der Waals surface area contributed by atoms with Gasteiger partial charge < -0.3 is 14.9 Å². The first-order chi connectivity index (χ1) is 8.45. The van der Waals surface area contributed by atoms with E-state index in [0.717, 1.165) is 10.8 Å². The van der Waals surface area contributed by atoms with Gasteiger partial charge in [-0.15, -0.1) is 0 Å².